The Morgan fingerprint density at radius 3 is 2.55 bits per heavy atom. The normalized spacial score (nSPS) is 12.0. The van der Waals surface area contributed by atoms with E-state index in [-0.39, 0.29) is 5.78 Å². The Morgan fingerprint density at radius 1 is 1.35 bits per heavy atom. The van der Waals surface area contributed by atoms with Gasteiger partial charge in [0.1, 0.15) is 12.0 Å². The molecule has 0 bridgehead atoms. The molecule has 1 aromatic rings. The molecule has 0 atom stereocenters. The van der Waals surface area contributed by atoms with Gasteiger partial charge in [-0.15, -0.1) is 0 Å². The van der Waals surface area contributed by atoms with Gasteiger partial charge in [-0.3, -0.25) is 9.59 Å². The Morgan fingerprint density at radius 2 is 2.05 bits per heavy atom. The predicted molar refractivity (Wildman–Crippen MR) is 79.6 cm³/mol. The lowest BCUT2D eigenvalue weighted by Gasteiger charge is -2.14. The third-order valence-electron chi connectivity index (χ3n) is 2.65. The molecule has 0 unspecified atom stereocenters. The lowest BCUT2D eigenvalue weighted by Crippen LogP contribution is -2.05. The van der Waals surface area contributed by atoms with Crippen LogP contribution >= 0.6 is 11.6 Å². The molecule has 4 nitrogen and oxygen atoms in total. The standard InChI is InChI=1S/C15H16ClNO3/c1-10(19)12-5-4-11(16)8-14(12)13(6-7-18)15(20-3)9-17-2/h4-9,17H,1-3H3/b13-6-,15-9+. The molecule has 106 valence electrons. The number of ketones is 1. The molecule has 0 radical (unpaired) electrons. The molecule has 0 aliphatic carbocycles. The molecular weight excluding hydrogens is 278 g/mol. The van der Waals surface area contributed by atoms with Crippen molar-refractivity contribution in [2.24, 2.45) is 0 Å². The zero-order valence-corrected chi connectivity index (χ0v) is 12.3. The minimum Gasteiger partial charge on any atom is -0.495 e. The molecule has 1 rings (SSSR count). The fourth-order valence-corrected chi connectivity index (χ4v) is 1.97. The number of carbonyl (C=O) groups is 2. The van der Waals surface area contributed by atoms with E-state index in [2.05, 4.69) is 5.32 Å². The topological polar surface area (TPSA) is 55.4 Å². The molecule has 5 heteroatoms. The summed E-state index contributed by atoms with van der Waals surface area (Å²) >= 11 is 5.99. The molecule has 0 aromatic heterocycles. The monoisotopic (exact) mass is 293 g/mol. The summed E-state index contributed by atoms with van der Waals surface area (Å²) in [7, 11) is 3.20. The van der Waals surface area contributed by atoms with Crippen LogP contribution in [0.4, 0.5) is 0 Å². The summed E-state index contributed by atoms with van der Waals surface area (Å²) < 4.78 is 5.25. The van der Waals surface area contributed by atoms with E-state index >= 15 is 0 Å². The molecule has 20 heavy (non-hydrogen) atoms. The molecule has 1 N–H and O–H groups in total. The number of hydrogen-bond acceptors (Lipinski definition) is 4. The van der Waals surface area contributed by atoms with Gasteiger partial charge in [0, 0.05) is 29.4 Å². The van der Waals surface area contributed by atoms with E-state index in [4.69, 9.17) is 16.3 Å². The van der Waals surface area contributed by atoms with Gasteiger partial charge in [-0.25, -0.2) is 0 Å². The number of allylic oxidation sites excluding steroid dienone is 2. The molecule has 1 aromatic carbocycles. The van der Waals surface area contributed by atoms with Gasteiger partial charge in [0.05, 0.1) is 7.11 Å². The molecule has 0 heterocycles. The van der Waals surface area contributed by atoms with E-state index in [9.17, 15) is 9.59 Å². The first-order valence-corrected chi connectivity index (χ1v) is 6.31. The van der Waals surface area contributed by atoms with Gasteiger partial charge in [-0.05, 0) is 36.8 Å². The zero-order chi connectivity index (χ0) is 15.1. The Balaban J connectivity index is 3.54. The summed E-state index contributed by atoms with van der Waals surface area (Å²) in [5.41, 5.74) is 1.52. The molecule has 0 saturated heterocycles. The van der Waals surface area contributed by atoms with Crippen LogP contribution in [0.25, 0.3) is 5.57 Å². The first-order valence-electron chi connectivity index (χ1n) is 5.93. The van der Waals surface area contributed by atoms with Crippen molar-refractivity contribution in [2.75, 3.05) is 14.2 Å². The van der Waals surface area contributed by atoms with Crippen LogP contribution < -0.4 is 5.32 Å². The number of rotatable bonds is 6. The number of methoxy groups -OCH3 is 1. The largest absolute Gasteiger partial charge is 0.495 e. The first-order chi connectivity index (χ1) is 9.54. The fraction of sp³-hybridized carbons (Fsp3) is 0.200. The van der Waals surface area contributed by atoms with E-state index in [1.807, 2.05) is 0 Å². The Kier molecular flexibility index (Phi) is 6.00. The van der Waals surface area contributed by atoms with Crippen molar-refractivity contribution in [1.29, 1.82) is 0 Å². The van der Waals surface area contributed by atoms with E-state index in [1.165, 1.54) is 20.1 Å². The predicted octanol–water partition coefficient (Wildman–Crippen LogP) is 2.83. The lowest BCUT2D eigenvalue weighted by atomic mass is 9.96. The molecule has 0 aliphatic heterocycles. The Hall–Kier alpha value is -2.07. The lowest BCUT2D eigenvalue weighted by molar-refractivity contribution is -0.104. The van der Waals surface area contributed by atoms with Crippen LogP contribution in [0.5, 0.6) is 0 Å². The average molecular weight is 294 g/mol. The summed E-state index contributed by atoms with van der Waals surface area (Å²) in [5.74, 6) is 0.317. The number of hydrogen-bond donors (Lipinski definition) is 1. The second-order valence-electron chi connectivity index (χ2n) is 3.96. The maximum Gasteiger partial charge on any atom is 0.160 e. The molecule has 0 amide bonds. The average Bonchev–Trinajstić information content (AvgIpc) is 2.42. The maximum atomic E-state index is 11.7. The third-order valence-corrected chi connectivity index (χ3v) is 2.88. The Labute approximate surface area is 123 Å². The number of halogens is 1. The molecule has 0 fully saturated rings. The SMILES string of the molecule is CN/C=C(OC)\C(=C/C=O)c1cc(Cl)ccc1C(C)=O. The quantitative estimate of drug-likeness (QED) is 0.288. The van der Waals surface area contributed by atoms with Crippen LogP contribution in [0.3, 0.4) is 0 Å². The number of benzene rings is 1. The highest BCUT2D eigenvalue weighted by atomic mass is 35.5. The van der Waals surface area contributed by atoms with Crippen molar-refractivity contribution in [2.45, 2.75) is 6.92 Å². The van der Waals surface area contributed by atoms with E-state index in [1.54, 1.807) is 31.4 Å². The number of aldehydes is 1. The first kappa shape index (κ1) is 16.0. The van der Waals surface area contributed by atoms with Gasteiger partial charge in [0.25, 0.3) is 0 Å². The second kappa shape index (κ2) is 7.50. The summed E-state index contributed by atoms with van der Waals surface area (Å²) in [5, 5.41) is 3.30. The van der Waals surface area contributed by atoms with Crippen LogP contribution in [0, 0.1) is 0 Å². The molecule has 0 aliphatic rings. The minimum atomic E-state index is -0.117. The highest BCUT2D eigenvalue weighted by molar-refractivity contribution is 6.31. The van der Waals surface area contributed by atoms with Gasteiger partial charge in [-0.2, -0.15) is 0 Å². The molecule has 0 saturated carbocycles. The van der Waals surface area contributed by atoms with E-state index in [0.717, 1.165) is 0 Å². The number of Topliss-reactive ketones (excluding diaryl/α,β-unsaturated/α-hetero) is 1. The van der Waals surface area contributed by atoms with Crippen molar-refractivity contribution in [3.63, 3.8) is 0 Å². The van der Waals surface area contributed by atoms with Gasteiger partial charge >= 0.3 is 0 Å². The van der Waals surface area contributed by atoms with E-state index in [0.29, 0.717) is 33.8 Å². The van der Waals surface area contributed by atoms with Crippen molar-refractivity contribution in [3.05, 3.63) is 52.4 Å². The summed E-state index contributed by atoms with van der Waals surface area (Å²) in [4.78, 5) is 22.6. The highest BCUT2D eigenvalue weighted by Gasteiger charge is 2.16. The number of carbonyl (C=O) groups excluding carboxylic acids is 2. The van der Waals surface area contributed by atoms with Crippen LogP contribution in [-0.2, 0) is 9.53 Å². The van der Waals surface area contributed by atoms with E-state index < -0.39 is 0 Å². The molecule has 0 spiro atoms. The van der Waals surface area contributed by atoms with Crippen LogP contribution in [0.1, 0.15) is 22.8 Å². The summed E-state index contributed by atoms with van der Waals surface area (Å²) in [6, 6.07) is 4.90. The van der Waals surface area contributed by atoms with Crippen LogP contribution in [0.15, 0.2) is 36.2 Å². The Bertz CT molecular complexity index is 576. The van der Waals surface area contributed by atoms with Gasteiger partial charge < -0.3 is 10.1 Å². The van der Waals surface area contributed by atoms with Crippen molar-refractivity contribution < 1.29 is 14.3 Å². The van der Waals surface area contributed by atoms with Gasteiger partial charge in [0.15, 0.2) is 5.78 Å². The zero-order valence-electron chi connectivity index (χ0n) is 11.6. The number of nitrogens with one attached hydrogen (secondary N) is 1. The van der Waals surface area contributed by atoms with Crippen LogP contribution in [0.2, 0.25) is 5.02 Å². The fourth-order valence-electron chi connectivity index (χ4n) is 1.80. The second-order valence-corrected chi connectivity index (χ2v) is 4.40. The number of ether oxygens (including phenoxy) is 1. The third kappa shape index (κ3) is 3.71. The summed E-state index contributed by atoms with van der Waals surface area (Å²) in [6.07, 6.45) is 3.58. The van der Waals surface area contributed by atoms with Crippen LogP contribution in [-0.4, -0.2) is 26.2 Å². The van der Waals surface area contributed by atoms with Crippen molar-refractivity contribution in [1.82, 2.24) is 5.32 Å². The van der Waals surface area contributed by atoms with Gasteiger partial charge in [-0.1, -0.05) is 11.6 Å². The van der Waals surface area contributed by atoms with Crippen molar-refractivity contribution in [3.8, 4) is 0 Å². The minimum absolute atomic E-state index is 0.117. The maximum absolute atomic E-state index is 11.7. The van der Waals surface area contributed by atoms with Gasteiger partial charge in [0.2, 0.25) is 0 Å². The smallest absolute Gasteiger partial charge is 0.160 e. The molecular formula is C15H16ClNO3. The summed E-state index contributed by atoms with van der Waals surface area (Å²) in [6.45, 7) is 1.46. The highest BCUT2D eigenvalue weighted by Crippen LogP contribution is 2.29. The van der Waals surface area contributed by atoms with Crippen molar-refractivity contribution >= 4 is 29.2 Å².